The van der Waals surface area contributed by atoms with E-state index >= 15 is 0 Å². The second kappa shape index (κ2) is 4.78. The molecule has 0 saturated carbocycles. The molecule has 90 valence electrons. The molecule has 3 nitrogen and oxygen atoms in total. The van der Waals surface area contributed by atoms with Crippen molar-refractivity contribution in [1.82, 2.24) is 10.2 Å². The van der Waals surface area contributed by atoms with Crippen molar-refractivity contribution in [1.29, 1.82) is 0 Å². The zero-order valence-electron chi connectivity index (χ0n) is 8.99. The number of aliphatic hydroxyl groups is 1. The Morgan fingerprint density at radius 1 is 1.25 bits per heavy atom. The van der Waals surface area contributed by atoms with Gasteiger partial charge in [0, 0.05) is 6.42 Å². The topological polar surface area (TPSA) is 46.0 Å². The minimum atomic E-state index is -4.47. The van der Waals surface area contributed by atoms with Crippen molar-refractivity contribution in [2.45, 2.75) is 32.5 Å². The molecule has 6 heteroatoms. The number of halogens is 3. The molecule has 0 aliphatic heterocycles. The van der Waals surface area contributed by atoms with Gasteiger partial charge in [-0.2, -0.15) is 18.3 Å². The molecule has 0 amide bonds. The normalized spacial score (nSPS) is 14.2. The molecular weight excluding hydrogens is 221 g/mol. The van der Waals surface area contributed by atoms with E-state index in [-0.39, 0.29) is 12.3 Å². The van der Waals surface area contributed by atoms with Gasteiger partial charge in [-0.15, -0.1) is 5.10 Å². The molecule has 1 aromatic rings. The molecule has 0 aliphatic carbocycles. The quantitative estimate of drug-likeness (QED) is 0.870. The highest BCUT2D eigenvalue weighted by atomic mass is 19.4. The fourth-order valence-electron chi connectivity index (χ4n) is 1.07. The van der Waals surface area contributed by atoms with Gasteiger partial charge in [0.1, 0.15) is 0 Å². The van der Waals surface area contributed by atoms with E-state index in [4.69, 9.17) is 0 Å². The molecule has 0 bridgehead atoms. The van der Waals surface area contributed by atoms with Crippen LogP contribution in [-0.2, 0) is 12.6 Å². The minimum Gasteiger partial charge on any atom is -0.392 e. The number of hydrogen-bond donors (Lipinski definition) is 1. The Kier molecular flexibility index (Phi) is 3.85. The van der Waals surface area contributed by atoms with E-state index in [0.29, 0.717) is 5.69 Å². The highest BCUT2D eigenvalue weighted by Crippen LogP contribution is 2.26. The van der Waals surface area contributed by atoms with Crippen LogP contribution in [0.25, 0.3) is 0 Å². The van der Waals surface area contributed by atoms with Crippen molar-refractivity contribution >= 4 is 0 Å². The van der Waals surface area contributed by atoms with Crippen LogP contribution >= 0.6 is 0 Å². The van der Waals surface area contributed by atoms with Gasteiger partial charge in [0.25, 0.3) is 0 Å². The molecule has 1 rings (SSSR count). The number of alkyl halides is 3. The van der Waals surface area contributed by atoms with E-state index in [1.807, 2.05) is 13.8 Å². The molecule has 0 aliphatic rings. The van der Waals surface area contributed by atoms with E-state index < -0.39 is 18.0 Å². The van der Waals surface area contributed by atoms with Crippen molar-refractivity contribution < 1.29 is 18.3 Å². The maximum atomic E-state index is 12.2. The van der Waals surface area contributed by atoms with Gasteiger partial charge in [-0.1, -0.05) is 13.8 Å². The maximum Gasteiger partial charge on any atom is 0.435 e. The number of aromatic nitrogens is 2. The highest BCUT2D eigenvalue weighted by Gasteiger charge is 2.32. The molecule has 1 aromatic heterocycles. The number of rotatable bonds is 3. The summed E-state index contributed by atoms with van der Waals surface area (Å²) in [5.74, 6) is 0.0316. The van der Waals surface area contributed by atoms with Crippen LogP contribution in [-0.4, -0.2) is 21.4 Å². The van der Waals surface area contributed by atoms with Crippen LogP contribution in [0.4, 0.5) is 13.2 Å². The molecule has 1 heterocycles. The van der Waals surface area contributed by atoms with Crippen LogP contribution in [0.3, 0.4) is 0 Å². The molecule has 0 fully saturated rings. The Morgan fingerprint density at radius 3 is 2.25 bits per heavy atom. The van der Waals surface area contributed by atoms with Crippen molar-refractivity contribution in [2.24, 2.45) is 5.92 Å². The summed E-state index contributed by atoms with van der Waals surface area (Å²) >= 11 is 0. The van der Waals surface area contributed by atoms with Gasteiger partial charge in [-0.05, 0) is 18.1 Å². The van der Waals surface area contributed by atoms with Gasteiger partial charge >= 0.3 is 6.18 Å². The lowest BCUT2D eigenvalue weighted by atomic mass is 10.0. The third-order valence-electron chi connectivity index (χ3n) is 2.20. The van der Waals surface area contributed by atoms with Crippen LogP contribution in [0.2, 0.25) is 0 Å². The fraction of sp³-hybridized carbons (Fsp3) is 0.600. The first-order valence-corrected chi connectivity index (χ1v) is 4.88. The van der Waals surface area contributed by atoms with E-state index in [9.17, 15) is 18.3 Å². The molecular formula is C10H13F3N2O. The Hall–Kier alpha value is -1.17. The average molecular weight is 234 g/mol. The van der Waals surface area contributed by atoms with Crippen molar-refractivity contribution in [2.75, 3.05) is 0 Å². The number of nitrogens with zero attached hydrogens (tertiary/aromatic N) is 2. The van der Waals surface area contributed by atoms with E-state index in [1.165, 1.54) is 6.07 Å². The molecule has 0 spiro atoms. The third-order valence-corrected chi connectivity index (χ3v) is 2.20. The Labute approximate surface area is 91.3 Å². The minimum absolute atomic E-state index is 0.0316. The Balaban J connectivity index is 2.72. The standard InChI is InChI=1S/C10H13F3N2O/c1-6(2)8(16)5-7-3-4-9(15-14-7)10(11,12)13/h3-4,6,8,16H,5H2,1-2H3. The fourth-order valence-corrected chi connectivity index (χ4v) is 1.07. The summed E-state index contributed by atoms with van der Waals surface area (Å²) in [6, 6.07) is 2.11. The summed E-state index contributed by atoms with van der Waals surface area (Å²) < 4.78 is 36.5. The first-order chi connectivity index (χ1) is 7.30. The van der Waals surface area contributed by atoms with E-state index in [0.717, 1.165) is 6.07 Å². The molecule has 0 saturated heterocycles. The number of hydrogen-bond acceptors (Lipinski definition) is 3. The van der Waals surface area contributed by atoms with Gasteiger partial charge in [-0.3, -0.25) is 0 Å². The summed E-state index contributed by atoms with van der Waals surface area (Å²) in [5, 5.41) is 16.0. The molecule has 1 N–H and O–H groups in total. The summed E-state index contributed by atoms with van der Waals surface area (Å²) in [6.07, 6.45) is -4.88. The first-order valence-electron chi connectivity index (χ1n) is 4.88. The lowest BCUT2D eigenvalue weighted by Gasteiger charge is -2.13. The lowest BCUT2D eigenvalue weighted by molar-refractivity contribution is -0.141. The smallest absolute Gasteiger partial charge is 0.392 e. The second-order valence-corrected chi connectivity index (χ2v) is 3.92. The van der Waals surface area contributed by atoms with Gasteiger partial charge in [0.05, 0.1) is 11.8 Å². The van der Waals surface area contributed by atoms with E-state index in [1.54, 1.807) is 0 Å². The van der Waals surface area contributed by atoms with Crippen LogP contribution < -0.4 is 0 Å². The van der Waals surface area contributed by atoms with Crippen molar-refractivity contribution in [3.63, 3.8) is 0 Å². The lowest BCUT2D eigenvalue weighted by Crippen LogP contribution is -2.19. The monoisotopic (exact) mass is 234 g/mol. The van der Waals surface area contributed by atoms with E-state index in [2.05, 4.69) is 10.2 Å². The van der Waals surface area contributed by atoms with Crippen molar-refractivity contribution in [3.8, 4) is 0 Å². The Morgan fingerprint density at radius 2 is 1.88 bits per heavy atom. The average Bonchev–Trinajstić information content (AvgIpc) is 2.17. The van der Waals surface area contributed by atoms with Gasteiger partial charge < -0.3 is 5.11 Å². The van der Waals surface area contributed by atoms with Crippen molar-refractivity contribution in [3.05, 3.63) is 23.5 Å². The summed E-state index contributed by atoms with van der Waals surface area (Å²) in [7, 11) is 0. The molecule has 1 unspecified atom stereocenters. The highest BCUT2D eigenvalue weighted by molar-refractivity contribution is 5.10. The zero-order chi connectivity index (χ0) is 12.3. The number of aliphatic hydroxyl groups excluding tert-OH is 1. The van der Waals surface area contributed by atoms with Gasteiger partial charge in [0.2, 0.25) is 0 Å². The first kappa shape index (κ1) is 12.9. The van der Waals surface area contributed by atoms with Crippen LogP contribution in [0.15, 0.2) is 12.1 Å². The van der Waals surface area contributed by atoms with Gasteiger partial charge in [-0.25, -0.2) is 0 Å². The van der Waals surface area contributed by atoms with Gasteiger partial charge in [0.15, 0.2) is 5.69 Å². The summed E-state index contributed by atoms with van der Waals surface area (Å²) in [5.41, 5.74) is -0.663. The largest absolute Gasteiger partial charge is 0.435 e. The maximum absolute atomic E-state index is 12.2. The van der Waals surface area contributed by atoms with Crippen LogP contribution in [0, 0.1) is 5.92 Å². The predicted octanol–water partition coefficient (Wildman–Crippen LogP) is 2.05. The van der Waals surface area contributed by atoms with Crippen LogP contribution in [0.5, 0.6) is 0 Å². The van der Waals surface area contributed by atoms with Crippen LogP contribution in [0.1, 0.15) is 25.2 Å². The zero-order valence-corrected chi connectivity index (χ0v) is 8.99. The molecule has 0 radical (unpaired) electrons. The Bertz CT molecular complexity index is 335. The SMILES string of the molecule is CC(C)C(O)Cc1ccc(C(F)(F)F)nn1. The second-order valence-electron chi connectivity index (χ2n) is 3.92. The third kappa shape index (κ3) is 3.44. The molecule has 0 aromatic carbocycles. The summed E-state index contributed by atoms with van der Waals surface area (Å²) in [4.78, 5) is 0. The predicted molar refractivity (Wildman–Crippen MR) is 51.6 cm³/mol. The molecule has 1 atom stereocenters. The molecule has 16 heavy (non-hydrogen) atoms. The summed E-state index contributed by atoms with van der Waals surface area (Å²) in [6.45, 7) is 3.64.